The smallest absolute Gasteiger partial charge is 0.236 e. The van der Waals surface area contributed by atoms with Gasteiger partial charge in [0.1, 0.15) is 0 Å². The Labute approximate surface area is 76.9 Å². The number of hydrogen-bond donors (Lipinski definition) is 2. The third kappa shape index (κ3) is 2.55. The van der Waals surface area contributed by atoms with E-state index in [-0.39, 0.29) is 5.91 Å². The van der Waals surface area contributed by atoms with Gasteiger partial charge in [-0.05, 0) is 6.92 Å². The van der Waals surface area contributed by atoms with Gasteiger partial charge in [0.2, 0.25) is 5.91 Å². The summed E-state index contributed by atoms with van der Waals surface area (Å²) in [6.45, 7) is 2.12. The average molecular weight is 182 g/mol. The maximum absolute atomic E-state index is 11.1. The van der Waals surface area contributed by atoms with Gasteiger partial charge in [0.15, 0.2) is 0 Å². The lowest BCUT2D eigenvalue weighted by Gasteiger charge is -2.07. The molecule has 0 spiro atoms. The second-order valence-electron chi connectivity index (χ2n) is 3.00. The van der Waals surface area contributed by atoms with Crippen molar-refractivity contribution in [3.8, 4) is 0 Å². The lowest BCUT2D eigenvalue weighted by atomic mass is 10.3. The summed E-state index contributed by atoms with van der Waals surface area (Å²) in [6, 6.07) is -0.465. The molecule has 0 unspecified atom stereocenters. The van der Waals surface area contributed by atoms with Crippen LogP contribution in [0, 0.1) is 0 Å². The summed E-state index contributed by atoms with van der Waals surface area (Å²) >= 11 is 0. The number of carbonyl (C=O) groups is 1. The Kier molecular flexibility index (Phi) is 3.02. The van der Waals surface area contributed by atoms with Gasteiger partial charge in [0, 0.05) is 13.2 Å². The number of amides is 1. The van der Waals surface area contributed by atoms with Crippen molar-refractivity contribution in [2.45, 2.75) is 19.5 Å². The van der Waals surface area contributed by atoms with Crippen LogP contribution in [0.15, 0.2) is 12.5 Å². The van der Waals surface area contributed by atoms with E-state index in [1.807, 2.05) is 11.6 Å². The molecule has 0 bridgehead atoms. The first-order chi connectivity index (χ1) is 6.11. The van der Waals surface area contributed by atoms with Crippen LogP contribution in [0.5, 0.6) is 0 Å². The van der Waals surface area contributed by atoms with E-state index in [2.05, 4.69) is 10.3 Å². The second-order valence-corrected chi connectivity index (χ2v) is 3.00. The standard InChI is InChI=1S/C8H14N4O/c1-6(9)8(13)11-4-7-3-10-5-12(7)2/h3,5-6H,4,9H2,1-2H3,(H,11,13)/t6-/m0/s1. The van der Waals surface area contributed by atoms with Crippen LogP contribution in [0.2, 0.25) is 0 Å². The second kappa shape index (κ2) is 4.04. The minimum atomic E-state index is -0.465. The summed E-state index contributed by atoms with van der Waals surface area (Å²) in [5, 5.41) is 2.70. The van der Waals surface area contributed by atoms with Crippen LogP contribution >= 0.6 is 0 Å². The lowest BCUT2D eigenvalue weighted by molar-refractivity contribution is -0.122. The maximum atomic E-state index is 11.1. The maximum Gasteiger partial charge on any atom is 0.236 e. The number of carbonyl (C=O) groups excluding carboxylic acids is 1. The zero-order chi connectivity index (χ0) is 9.84. The highest BCUT2D eigenvalue weighted by Gasteiger charge is 2.06. The summed E-state index contributed by atoms with van der Waals surface area (Å²) in [7, 11) is 1.88. The predicted octanol–water partition coefficient (Wildman–Crippen LogP) is -0.616. The van der Waals surface area contributed by atoms with Crippen LogP contribution in [0.1, 0.15) is 12.6 Å². The van der Waals surface area contributed by atoms with Gasteiger partial charge >= 0.3 is 0 Å². The minimum absolute atomic E-state index is 0.152. The summed E-state index contributed by atoms with van der Waals surface area (Å²) < 4.78 is 1.85. The van der Waals surface area contributed by atoms with Gasteiger partial charge < -0.3 is 15.6 Å². The number of nitrogens with one attached hydrogen (secondary N) is 1. The van der Waals surface area contributed by atoms with Crippen LogP contribution in [0.3, 0.4) is 0 Å². The van der Waals surface area contributed by atoms with Crippen molar-refractivity contribution in [3.63, 3.8) is 0 Å². The van der Waals surface area contributed by atoms with Crippen molar-refractivity contribution in [3.05, 3.63) is 18.2 Å². The van der Waals surface area contributed by atoms with Gasteiger partial charge in [-0.25, -0.2) is 4.98 Å². The summed E-state index contributed by atoms with van der Waals surface area (Å²) in [4.78, 5) is 15.0. The quantitative estimate of drug-likeness (QED) is 0.654. The van der Waals surface area contributed by atoms with Crippen molar-refractivity contribution in [2.24, 2.45) is 12.8 Å². The molecule has 13 heavy (non-hydrogen) atoms. The highest BCUT2D eigenvalue weighted by atomic mass is 16.2. The normalized spacial score (nSPS) is 12.5. The Morgan fingerprint density at radius 1 is 1.85 bits per heavy atom. The first kappa shape index (κ1) is 9.73. The molecule has 0 aliphatic heterocycles. The summed E-state index contributed by atoms with van der Waals surface area (Å²) in [5.41, 5.74) is 6.33. The molecular weight excluding hydrogens is 168 g/mol. The number of rotatable bonds is 3. The molecule has 0 aromatic carbocycles. The molecule has 0 aliphatic carbocycles. The highest BCUT2D eigenvalue weighted by molar-refractivity contribution is 5.80. The molecule has 1 aromatic rings. The number of nitrogens with two attached hydrogens (primary N) is 1. The monoisotopic (exact) mass is 182 g/mol. The summed E-state index contributed by atoms with van der Waals surface area (Å²) in [6.07, 6.45) is 3.40. The van der Waals surface area contributed by atoms with E-state index in [0.717, 1.165) is 5.69 Å². The molecule has 0 radical (unpaired) electrons. The molecule has 72 valence electrons. The molecule has 5 heteroatoms. The molecule has 3 N–H and O–H groups in total. The van der Waals surface area contributed by atoms with Gasteiger partial charge in [0.05, 0.1) is 24.6 Å². The molecule has 1 aromatic heterocycles. The molecule has 1 amide bonds. The molecule has 5 nitrogen and oxygen atoms in total. The number of aryl methyl sites for hydroxylation is 1. The fourth-order valence-corrected chi connectivity index (χ4v) is 0.894. The number of imidazole rings is 1. The first-order valence-corrected chi connectivity index (χ1v) is 4.09. The first-order valence-electron chi connectivity index (χ1n) is 4.09. The topological polar surface area (TPSA) is 72.9 Å². The highest BCUT2D eigenvalue weighted by Crippen LogP contribution is 1.94. The third-order valence-corrected chi connectivity index (χ3v) is 1.77. The largest absolute Gasteiger partial charge is 0.349 e. The molecule has 0 fully saturated rings. The predicted molar refractivity (Wildman–Crippen MR) is 48.7 cm³/mol. The number of aromatic nitrogens is 2. The van der Waals surface area contributed by atoms with E-state index in [4.69, 9.17) is 5.73 Å². The average Bonchev–Trinajstić information content (AvgIpc) is 2.47. The molecule has 0 aliphatic rings. The van der Waals surface area contributed by atoms with Gasteiger partial charge in [-0.1, -0.05) is 0 Å². The molecule has 0 saturated carbocycles. The van der Waals surface area contributed by atoms with Crippen LogP contribution in [-0.2, 0) is 18.4 Å². The molecule has 1 atom stereocenters. The SMILES string of the molecule is C[C@H](N)C(=O)NCc1cncn1C. The third-order valence-electron chi connectivity index (χ3n) is 1.77. The van der Waals surface area contributed by atoms with E-state index in [1.54, 1.807) is 19.4 Å². The van der Waals surface area contributed by atoms with Gasteiger partial charge in [-0.3, -0.25) is 4.79 Å². The van der Waals surface area contributed by atoms with E-state index < -0.39 is 6.04 Å². The van der Waals surface area contributed by atoms with Gasteiger partial charge in [0.25, 0.3) is 0 Å². The number of nitrogens with zero attached hydrogens (tertiary/aromatic N) is 2. The Morgan fingerprint density at radius 3 is 3.00 bits per heavy atom. The van der Waals surface area contributed by atoms with Crippen LogP contribution in [0.4, 0.5) is 0 Å². The minimum Gasteiger partial charge on any atom is -0.349 e. The summed E-state index contributed by atoms with van der Waals surface area (Å²) in [5.74, 6) is -0.152. The van der Waals surface area contributed by atoms with Gasteiger partial charge in [-0.15, -0.1) is 0 Å². The Hall–Kier alpha value is -1.36. The van der Waals surface area contributed by atoms with E-state index >= 15 is 0 Å². The number of hydrogen-bond acceptors (Lipinski definition) is 3. The molecule has 0 saturated heterocycles. The van der Waals surface area contributed by atoms with Crippen LogP contribution in [0.25, 0.3) is 0 Å². The van der Waals surface area contributed by atoms with Crippen LogP contribution < -0.4 is 11.1 Å². The Balaban J connectivity index is 2.44. The Bertz CT molecular complexity index is 292. The Morgan fingerprint density at radius 2 is 2.54 bits per heavy atom. The molecule has 1 heterocycles. The van der Waals surface area contributed by atoms with Crippen molar-refractivity contribution in [2.75, 3.05) is 0 Å². The lowest BCUT2D eigenvalue weighted by Crippen LogP contribution is -2.38. The van der Waals surface area contributed by atoms with Crippen molar-refractivity contribution in [1.29, 1.82) is 0 Å². The zero-order valence-corrected chi connectivity index (χ0v) is 7.82. The van der Waals surface area contributed by atoms with Crippen molar-refractivity contribution < 1.29 is 4.79 Å². The van der Waals surface area contributed by atoms with Crippen molar-refractivity contribution in [1.82, 2.24) is 14.9 Å². The van der Waals surface area contributed by atoms with E-state index in [1.165, 1.54) is 0 Å². The molecule has 1 rings (SSSR count). The van der Waals surface area contributed by atoms with Crippen LogP contribution in [-0.4, -0.2) is 21.5 Å². The molecular formula is C8H14N4O. The fourth-order valence-electron chi connectivity index (χ4n) is 0.894. The van der Waals surface area contributed by atoms with E-state index in [9.17, 15) is 4.79 Å². The zero-order valence-electron chi connectivity index (χ0n) is 7.82. The van der Waals surface area contributed by atoms with Gasteiger partial charge in [-0.2, -0.15) is 0 Å². The van der Waals surface area contributed by atoms with Crippen molar-refractivity contribution >= 4 is 5.91 Å². The van der Waals surface area contributed by atoms with E-state index in [0.29, 0.717) is 6.54 Å². The fraction of sp³-hybridized carbons (Fsp3) is 0.500.